The monoisotopic (exact) mass is 724 g/mol. The molecule has 14 heteroatoms. The van der Waals surface area contributed by atoms with Gasteiger partial charge >= 0.3 is 6.18 Å². The average molecular weight is 725 g/mol. The topological polar surface area (TPSA) is 131 Å². The van der Waals surface area contributed by atoms with Crippen molar-refractivity contribution in [3.05, 3.63) is 52.3 Å². The number of aryl methyl sites for hydroxylation is 1. The molecule has 0 amide bonds. The van der Waals surface area contributed by atoms with E-state index in [1.807, 2.05) is 13.1 Å². The molecule has 4 N–H and O–H groups in total. The normalized spacial score (nSPS) is 20.0. The minimum Gasteiger partial charge on any atom is -0.394 e. The van der Waals surface area contributed by atoms with Crippen LogP contribution in [0.3, 0.4) is 0 Å². The fraction of sp³-hybridized carbons (Fsp3) is 0.514. The molecule has 6 rings (SSSR count). The molecular weight excluding hydrogens is 678 g/mol. The summed E-state index contributed by atoms with van der Waals surface area (Å²) in [5.74, 6) is 1.18. The van der Waals surface area contributed by atoms with Crippen LogP contribution < -0.4 is 16.0 Å². The van der Waals surface area contributed by atoms with E-state index in [1.165, 1.54) is 17.5 Å². The maximum atomic E-state index is 12.9. The molecule has 274 valence electrons. The highest BCUT2D eigenvalue weighted by atomic mass is 32.1. The standard InChI is InChI=1S/C31H36F3N7S.C4H9NO2.C2H2/c1-19-21(4-5-27-25(19)10-23(15-35)41(27)16-20-12-30(2,13-20)36-3)17-40-8-6-22(7-9-40)39-28-26-11-24(14-31(32,33)34)42-29(26)38-18-37-28;1-5-4(2-6)3-7;1-2/h4-5,10-11,18,20,22,36H,6-9,12-14,16-17H2,1-3H3,(H,37,38,39);2,4-5,7H,3H2,1H3;1-2H. The number of halogens is 3. The van der Waals surface area contributed by atoms with Crippen LogP contribution in [-0.2, 0) is 24.3 Å². The number of piperidine rings is 1. The number of rotatable bonds is 11. The Hall–Kier alpha value is -4.05. The highest BCUT2D eigenvalue weighted by molar-refractivity contribution is 7.18. The number of likely N-dealkylation sites (N-methyl/N-ethyl adjacent to an activating group) is 1. The number of likely N-dealkylation sites (tertiary alicyclic amines) is 1. The molecule has 1 unspecified atom stereocenters. The quantitative estimate of drug-likeness (QED) is 0.119. The van der Waals surface area contributed by atoms with Crippen LogP contribution in [0.4, 0.5) is 19.0 Å². The number of carbonyl (C=O) groups is 1. The lowest BCUT2D eigenvalue weighted by Gasteiger charge is -2.45. The summed E-state index contributed by atoms with van der Waals surface area (Å²) < 4.78 is 40.9. The van der Waals surface area contributed by atoms with Crippen molar-refractivity contribution in [1.29, 1.82) is 5.26 Å². The first-order valence-electron chi connectivity index (χ1n) is 17.0. The number of nitrogens with one attached hydrogen (secondary N) is 3. The summed E-state index contributed by atoms with van der Waals surface area (Å²) in [5.41, 5.74) is 4.57. The molecule has 0 bridgehead atoms. The Morgan fingerprint density at radius 3 is 2.45 bits per heavy atom. The Labute approximate surface area is 301 Å². The number of aliphatic hydroxyl groups is 1. The molecule has 10 nitrogen and oxygen atoms in total. The van der Waals surface area contributed by atoms with E-state index in [1.54, 1.807) is 13.1 Å². The molecule has 0 radical (unpaired) electrons. The van der Waals surface area contributed by atoms with Crippen LogP contribution in [0.15, 0.2) is 30.6 Å². The number of aromatic nitrogens is 3. The maximum Gasteiger partial charge on any atom is 0.393 e. The SMILES string of the molecule is C#C.CNC(C=O)CO.CNC1(C)CC(Cn2c(C#N)cc3c(C)c(CN4CCC(Nc5ncnc6sc(CC(F)(F)F)cc56)CC4)ccc32)C1. The molecular formula is C37H47F3N8O2S. The van der Waals surface area contributed by atoms with Crippen molar-refractivity contribution in [2.45, 2.75) is 82.8 Å². The van der Waals surface area contributed by atoms with Gasteiger partial charge in [0.2, 0.25) is 0 Å². The number of alkyl halides is 3. The zero-order valence-corrected chi connectivity index (χ0v) is 30.4. The summed E-state index contributed by atoms with van der Waals surface area (Å²) in [4.78, 5) is 21.6. The van der Waals surface area contributed by atoms with Crippen LogP contribution in [0, 0.1) is 37.0 Å². The first kappa shape index (κ1) is 39.7. The van der Waals surface area contributed by atoms with Crippen molar-refractivity contribution in [3.8, 4) is 18.9 Å². The van der Waals surface area contributed by atoms with Gasteiger partial charge in [0, 0.05) is 53.5 Å². The van der Waals surface area contributed by atoms with Gasteiger partial charge in [-0.15, -0.1) is 24.2 Å². The van der Waals surface area contributed by atoms with Gasteiger partial charge in [-0.3, -0.25) is 4.90 Å². The van der Waals surface area contributed by atoms with Crippen LogP contribution >= 0.6 is 11.3 Å². The summed E-state index contributed by atoms with van der Waals surface area (Å²) in [6.45, 7) is 7.82. The van der Waals surface area contributed by atoms with Crippen molar-refractivity contribution in [1.82, 2.24) is 30.1 Å². The van der Waals surface area contributed by atoms with Crippen molar-refractivity contribution in [2.24, 2.45) is 5.92 Å². The maximum absolute atomic E-state index is 12.9. The second kappa shape index (κ2) is 17.4. The summed E-state index contributed by atoms with van der Waals surface area (Å²) in [7, 11) is 3.64. The highest BCUT2D eigenvalue weighted by Gasteiger charge is 2.39. The molecule has 2 aliphatic rings. The number of nitrogens with zero attached hydrogens (tertiary/aromatic N) is 5. The van der Waals surface area contributed by atoms with Crippen molar-refractivity contribution in [3.63, 3.8) is 0 Å². The number of nitriles is 1. The molecule has 1 aliphatic carbocycles. The molecule has 1 atom stereocenters. The third kappa shape index (κ3) is 9.84. The Kier molecular flexibility index (Phi) is 13.6. The lowest BCUT2D eigenvalue weighted by atomic mass is 9.69. The van der Waals surface area contributed by atoms with Gasteiger partial charge in [0.1, 0.15) is 35.0 Å². The molecule has 4 heterocycles. The largest absolute Gasteiger partial charge is 0.394 e. The summed E-state index contributed by atoms with van der Waals surface area (Å²) in [5, 5.41) is 29.4. The number of benzene rings is 1. The molecule has 2 fully saturated rings. The number of carbonyl (C=O) groups excluding carboxylic acids is 1. The first-order valence-corrected chi connectivity index (χ1v) is 17.8. The van der Waals surface area contributed by atoms with Crippen LogP contribution in [0.5, 0.6) is 0 Å². The zero-order chi connectivity index (χ0) is 37.3. The van der Waals surface area contributed by atoms with Gasteiger partial charge in [-0.1, -0.05) is 6.07 Å². The van der Waals surface area contributed by atoms with E-state index >= 15 is 0 Å². The summed E-state index contributed by atoms with van der Waals surface area (Å²) in [6, 6.07) is 10.2. The molecule has 1 aromatic carbocycles. The number of anilines is 1. The zero-order valence-electron chi connectivity index (χ0n) is 29.6. The number of terminal acetylenes is 1. The summed E-state index contributed by atoms with van der Waals surface area (Å²) in [6.07, 6.45) is 8.95. The number of hydrogen-bond acceptors (Lipinski definition) is 10. The van der Waals surface area contributed by atoms with E-state index in [9.17, 15) is 23.2 Å². The molecule has 1 saturated carbocycles. The molecule has 1 saturated heterocycles. The second-order valence-electron chi connectivity index (χ2n) is 13.5. The van der Waals surface area contributed by atoms with Crippen molar-refractivity contribution >= 4 is 44.6 Å². The van der Waals surface area contributed by atoms with Gasteiger partial charge in [0.25, 0.3) is 0 Å². The van der Waals surface area contributed by atoms with Gasteiger partial charge in [-0.05, 0) is 88.9 Å². The van der Waals surface area contributed by atoms with Gasteiger partial charge in [0.05, 0.1) is 24.5 Å². The fourth-order valence-electron chi connectivity index (χ4n) is 6.97. The van der Waals surface area contributed by atoms with Crippen LogP contribution in [0.1, 0.15) is 54.3 Å². The number of thiophene rings is 1. The van der Waals surface area contributed by atoms with E-state index in [-0.39, 0.29) is 29.1 Å². The number of aldehydes is 1. The Bertz CT molecular complexity index is 1830. The lowest BCUT2D eigenvalue weighted by Crippen LogP contribution is -2.52. The van der Waals surface area contributed by atoms with Crippen molar-refractivity contribution < 1.29 is 23.1 Å². The van der Waals surface area contributed by atoms with Crippen LogP contribution in [0.2, 0.25) is 0 Å². The molecule has 0 spiro atoms. The average Bonchev–Trinajstić information content (AvgIpc) is 3.68. The lowest BCUT2D eigenvalue weighted by molar-refractivity contribution is -0.126. The van der Waals surface area contributed by atoms with E-state index in [0.717, 1.165) is 79.8 Å². The molecule has 4 aromatic rings. The van der Waals surface area contributed by atoms with E-state index in [0.29, 0.717) is 28.2 Å². The van der Waals surface area contributed by atoms with Gasteiger partial charge in [-0.25, -0.2) is 9.97 Å². The van der Waals surface area contributed by atoms with E-state index in [2.05, 4.69) is 80.3 Å². The summed E-state index contributed by atoms with van der Waals surface area (Å²) >= 11 is 1.07. The minimum atomic E-state index is -4.25. The molecule has 1 aliphatic heterocycles. The predicted molar refractivity (Wildman–Crippen MR) is 197 cm³/mol. The smallest absolute Gasteiger partial charge is 0.393 e. The molecule has 51 heavy (non-hydrogen) atoms. The molecule has 3 aromatic heterocycles. The number of fused-ring (bicyclic) bond motifs is 2. The van der Waals surface area contributed by atoms with Gasteiger partial charge < -0.3 is 30.4 Å². The predicted octanol–water partition coefficient (Wildman–Crippen LogP) is 5.41. The van der Waals surface area contributed by atoms with E-state index < -0.39 is 12.6 Å². The highest BCUT2D eigenvalue weighted by Crippen LogP contribution is 2.40. The Balaban J connectivity index is 0.000000581. The van der Waals surface area contributed by atoms with Crippen LogP contribution in [-0.4, -0.2) is 88.4 Å². The minimum absolute atomic E-state index is 0.125. The van der Waals surface area contributed by atoms with Gasteiger partial charge in [0.15, 0.2) is 0 Å². The van der Waals surface area contributed by atoms with Crippen LogP contribution in [0.25, 0.3) is 21.1 Å². The van der Waals surface area contributed by atoms with Crippen molar-refractivity contribution in [2.75, 3.05) is 39.1 Å². The Morgan fingerprint density at radius 1 is 1.18 bits per heavy atom. The first-order chi connectivity index (χ1) is 24.4. The third-order valence-electron chi connectivity index (χ3n) is 9.91. The Morgan fingerprint density at radius 2 is 1.88 bits per heavy atom. The number of aliphatic hydroxyl groups excluding tert-OH is 1. The van der Waals surface area contributed by atoms with Gasteiger partial charge in [-0.2, -0.15) is 18.4 Å². The number of hydrogen-bond donors (Lipinski definition) is 4. The fourth-order valence-corrected chi connectivity index (χ4v) is 7.99. The second-order valence-corrected chi connectivity index (χ2v) is 14.6. The van der Waals surface area contributed by atoms with E-state index in [4.69, 9.17) is 5.11 Å². The third-order valence-corrected chi connectivity index (χ3v) is 11.0.